The van der Waals surface area contributed by atoms with Crippen molar-refractivity contribution >= 4 is 22.9 Å². The van der Waals surface area contributed by atoms with E-state index in [0.29, 0.717) is 11.8 Å². The Labute approximate surface area is 103 Å². The number of alkyl halides is 1. The van der Waals surface area contributed by atoms with Crippen LogP contribution in [0.2, 0.25) is 0 Å². The Bertz CT molecular complexity index is 425. The first-order valence-corrected chi connectivity index (χ1v) is 6.56. The highest BCUT2D eigenvalue weighted by Crippen LogP contribution is 2.18. The Hall–Kier alpha value is -0.870. The largest absolute Gasteiger partial charge is 0.424 e. The number of rotatable bonds is 5. The van der Waals surface area contributed by atoms with Crippen LogP contribution in [0.4, 0.5) is 0 Å². The minimum Gasteiger partial charge on any atom is -0.424 e. The van der Waals surface area contributed by atoms with Crippen molar-refractivity contribution in [2.24, 2.45) is 0 Å². The lowest BCUT2D eigenvalue weighted by Crippen LogP contribution is -1.88. The zero-order valence-corrected chi connectivity index (χ0v) is 10.6. The fraction of sp³-hybridized carbons (Fsp3) is 0.455. The first kappa shape index (κ1) is 11.6. The average Bonchev–Trinajstić information content (AvgIpc) is 2.87. The van der Waals surface area contributed by atoms with Gasteiger partial charge in [0.15, 0.2) is 0 Å². The predicted octanol–water partition coefficient (Wildman–Crippen LogP) is 3.61. The van der Waals surface area contributed by atoms with E-state index in [1.54, 1.807) is 11.3 Å². The number of halogens is 1. The van der Waals surface area contributed by atoms with Crippen molar-refractivity contribution in [1.82, 2.24) is 10.2 Å². The maximum absolute atomic E-state index is 5.84. The molecule has 0 saturated heterocycles. The van der Waals surface area contributed by atoms with Gasteiger partial charge >= 0.3 is 0 Å². The van der Waals surface area contributed by atoms with Gasteiger partial charge < -0.3 is 4.42 Å². The lowest BCUT2D eigenvalue weighted by molar-refractivity contribution is 0.445. The van der Waals surface area contributed by atoms with Crippen LogP contribution in [-0.4, -0.2) is 10.2 Å². The predicted molar refractivity (Wildman–Crippen MR) is 64.9 cm³/mol. The Morgan fingerprint density at radius 2 is 2.31 bits per heavy atom. The minimum atomic E-state index is -0.210. The standard InChI is InChI=1S/C11H13ClN2OS/c1-8(12)11-14-13-10(15-11)6-2-4-9-5-3-7-16-9/h3,5,7-8H,2,4,6H2,1H3. The Morgan fingerprint density at radius 1 is 1.44 bits per heavy atom. The van der Waals surface area contributed by atoms with Gasteiger partial charge in [-0.3, -0.25) is 0 Å². The Morgan fingerprint density at radius 3 is 2.94 bits per heavy atom. The van der Waals surface area contributed by atoms with Crippen LogP contribution in [-0.2, 0) is 12.8 Å². The van der Waals surface area contributed by atoms with Gasteiger partial charge in [-0.25, -0.2) is 0 Å². The van der Waals surface area contributed by atoms with E-state index in [0.717, 1.165) is 19.3 Å². The van der Waals surface area contributed by atoms with Gasteiger partial charge in [-0.15, -0.1) is 33.1 Å². The molecule has 2 aromatic heterocycles. The first-order valence-electron chi connectivity index (χ1n) is 5.24. The average molecular weight is 257 g/mol. The summed E-state index contributed by atoms with van der Waals surface area (Å²) in [6, 6.07) is 4.21. The van der Waals surface area contributed by atoms with Gasteiger partial charge in [-0.05, 0) is 31.2 Å². The van der Waals surface area contributed by atoms with Gasteiger partial charge in [-0.1, -0.05) is 6.07 Å². The zero-order chi connectivity index (χ0) is 11.4. The number of nitrogens with zero attached hydrogens (tertiary/aromatic N) is 2. The van der Waals surface area contributed by atoms with Crippen molar-refractivity contribution in [2.75, 3.05) is 0 Å². The molecule has 86 valence electrons. The molecule has 0 fully saturated rings. The van der Waals surface area contributed by atoms with Gasteiger partial charge in [0.2, 0.25) is 11.8 Å². The van der Waals surface area contributed by atoms with E-state index in [2.05, 4.69) is 27.7 Å². The topological polar surface area (TPSA) is 38.9 Å². The third-order valence-corrected chi connectivity index (χ3v) is 3.34. The molecule has 2 rings (SSSR count). The second kappa shape index (κ2) is 5.46. The van der Waals surface area contributed by atoms with Gasteiger partial charge in [0.1, 0.15) is 5.38 Å². The summed E-state index contributed by atoms with van der Waals surface area (Å²) in [5, 5.41) is 9.73. The quantitative estimate of drug-likeness (QED) is 0.767. The van der Waals surface area contributed by atoms with Crippen molar-refractivity contribution in [2.45, 2.75) is 31.6 Å². The summed E-state index contributed by atoms with van der Waals surface area (Å²) in [6.45, 7) is 1.82. The molecule has 1 unspecified atom stereocenters. The van der Waals surface area contributed by atoms with Crippen molar-refractivity contribution in [1.29, 1.82) is 0 Å². The lowest BCUT2D eigenvalue weighted by Gasteiger charge is -1.95. The molecule has 2 aromatic rings. The minimum absolute atomic E-state index is 0.210. The zero-order valence-electron chi connectivity index (χ0n) is 9.02. The Balaban J connectivity index is 1.81. The maximum Gasteiger partial charge on any atom is 0.234 e. The van der Waals surface area contributed by atoms with E-state index in [1.165, 1.54) is 4.88 Å². The summed E-state index contributed by atoms with van der Waals surface area (Å²) in [6.07, 6.45) is 2.90. The van der Waals surface area contributed by atoms with Crippen molar-refractivity contribution < 1.29 is 4.42 Å². The van der Waals surface area contributed by atoms with Crippen molar-refractivity contribution in [3.63, 3.8) is 0 Å². The van der Waals surface area contributed by atoms with Crippen LogP contribution in [0.25, 0.3) is 0 Å². The van der Waals surface area contributed by atoms with E-state index in [1.807, 2.05) is 6.92 Å². The summed E-state index contributed by atoms with van der Waals surface area (Å²) in [5.74, 6) is 1.19. The molecule has 0 aliphatic rings. The van der Waals surface area contributed by atoms with Crippen LogP contribution in [0, 0.1) is 0 Å². The molecular formula is C11H13ClN2OS. The van der Waals surface area contributed by atoms with Crippen LogP contribution in [0.5, 0.6) is 0 Å². The number of aryl methyl sites for hydroxylation is 2. The molecule has 0 N–H and O–H groups in total. The molecule has 0 aromatic carbocycles. The lowest BCUT2D eigenvalue weighted by atomic mass is 10.2. The smallest absolute Gasteiger partial charge is 0.234 e. The van der Waals surface area contributed by atoms with Crippen LogP contribution in [0.3, 0.4) is 0 Å². The summed E-state index contributed by atoms with van der Waals surface area (Å²) in [4.78, 5) is 1.39. The van der Waals surface area contributed by atoms with Crippen molar-refractivity contribution in [3.05, 3.63) is 34.2 Å². The third-order valence-electron chi connectivity index (χ3n) is 2.22. The van der Waals surface area contributed by atoms with Gasteiger partial charge in [0.05, 0.1) is 0 Å². The van der Waals surface area contributed by atoms with E-state index >= 15 is 0 Å². The molecular weight excluding hydrogens is 244 g/mol. The monoisotopic (exact) mass is 256 g/mol. The molecule has 5 heteroatoms. The van der Waals surface area contributed by atoms with Crippen LogP contribution < -0.4 is 0 Å². The van der Waals surface area contributed by atoms with Gasteiger partial charge in [-0.2, -0.15) is 0 Å². The highest BCUT2D eigenvalue weighted by atomic mass is 35.5. The molecule has 16 heavy (non-hydrogen) atoms. The first-order chi connectivity index (χ1) is 7.75. The summed E-state index contributed by atoms with van der Waals surface area (Å²) in [7, 11) is 0. The van der Waals surface area contributed by atoms with Crippen LogP contribution in [0.1, 0.15) is 35.4 Å². The van der Waals surface area contributed by atoms with E-state index < -0.39 is 0 Å². The fourth-order valence-corrected chi connectivity index (χ4v) is 2.24. The SMILES string of the molecule is CC(Cl)c1nnc(CCCc2cccs2)o1. The summed E-state index contributed by atoms with van der Waals surface area (Å²) < 4.78 is 5.41. The molecule has 0 bridgehead atoms. The van der Waals surface area contributed by atoms with E-state index in [4.69, 9.17) is 16.0 Å². The molecule has 0 spiro atoms. The molecule has 0 saturated carbocycles. The van der Waals surface area contributed by atoms with E-state index in [9.17, 15) is 0 Å². The second-order valence-corrected chi connectivity index (χ2v) is 5.27. The highest BCUT2D eigenvalue weighted by molar-refractivity contribution is 7.09. The Kier molecular flexibility index (Phi) is 3.96. The van der Waals surface area contributed by atoms with Crippen LogP contribution in [0.15, 0.2) is 21.9 Å². The summed E-state index contributed by atoms with van der Waals surface area (Å²) >= 11 is 7.62. The fourth-order valence-electron chi connectivity index (χ4n) is 1.40. The molecule has 3 nitrogen and oxygen atoms in total. The molecule has 0 aliphatic heterocycles. The maximum atomic E-state index is 5.84. The molecule has 1 atom stereocenters. The molecule has 2 heterocycles. The number of hydrogen-bond acceptors (Lipinski definition) is 4. The molecule has 0 radical (unpaired) electrons. The molecule has 0 aliphatic carbocycles. The van der Waals surface area contributed by atoms with Crippen LogP contribution >= 0.6 is 22.9 Å². The summed E-state index contributed by atoms with van der Waals surface area (Å²) in [5.41, 5.74) is 0. The number of hydrogen-bond donors (Lipinski definition) is 0. The third kappa shape index (κ3) is 3.06. The highest BCUT2D eigenvalue weighted by Gasteiger charge is 2.10. The number of aromatic nitrogens is 2. The normalized spacial score (nSPS) is 12.9. The van der Waals surface area contributed by atoms with Gasteiger partial charge in [0.25, 0.3) is 0 Å². The molecule has 0 amide bonds. The number of thiophene rings is 1. The second-order valence-electron chi connectivity index (χ2n) is 3.58. The van der Waals surface area contributed by atoms with Gasteiger partial charge in [0, 0.05) is 11.3 Å². The van der Waals surface area contributed by atoms with E-state index in [-0.39, 0.29) is 5.38 Å². The van der Waals surface area contributed by atoms with Crippen molar-refractivity contribution in [3.8, 4) is 0 Å².